The number of aliphatic hydroxyl groups is 1. The highest BCUT2D eigenvalue weighted by Crippen LogP contribution is 2.21. The van der Waals surface area contributed by atoms with Crippen LogP contribution in [0.1, 0.15) is 126 Å². The normalized spacial score (nSPS) is 26.2. The van der Waals surface area contributed by atoms with Gasteiger partial charge >= 0.3 is 0 Å². The molecule has 2 aliphatic rings. The van der Waals surface area contributed by atoms with Crippen molar-refractivity contribution in [2.24, 2.45) is 11.8 Å². The Kier molecular flexibility index (Phi) is 25.9. The number of amides is 10. The Morgan fingerprint density at radius 2 is 1.13 bits per heavy atom. The second-order valence-electron chi connectivity index (χ2n) is 23.4. The molecule has 1 aromatic rings. The first-order chi connectivity index (χ1) is 36.8. The van der Waals surface area contributed by atoms with Crippen molar-refractivity contribution in [1.82, 2.24) is 50.2 Å². The minimum Gasteiger partial charge on any atom is -0.391 e. The summed E-state index contributed by atoms with van der Waals surface area (Å²) in [5.74, 6) is -6.77. The smallest absolute Gasteiger partial charge is 0.248 e. The van der Waals surface area contributed by atoms with E-state index in [0.717, 1.165) is 24.2 Å². The van der Waals surface area contributed by atoms with Gasteiger partial charge < -0.3 is 60.1 Å². The number of hydrogen-bond acceptors (Lipinski definition) is 12. The lowest BCUT2D eigenvalue weighted by molar-refractivity contribution is -0.153. The predicted molar refractivity (Wildman–Crippen MR) is 298 cm³/mol. The van der Waals surface area contributed by atoms with Crippen LogP contribution in [-0.2, 0) is 59.1 Å². The Bertz CT molecular complexity index is 2270. The minimum atomic E-state index is -1.58. The third-order valence-electron chi connectivity index (χ3n) is 14.9. The van der Waals surface area contributed by atoms with E-state index in [1.165, 1.54) is 87.6 Å². The molecule has 0 spiro atoms. The molecule has 2 saturated heterocycles. The number of aliphatic hydroxyl groups excluding tert-OH is 1. The van der Waals surface area contributed by atoms with Gasteiger partial charge in [-0.05, 0) is 97.5 Å². The Labute approximate surface area is 469 Å². The van der Waals surface area contributed by atoms with Crippen LogP contribution >= 0.6 is 0 Å². The Morgan fingerprint density at radius 1 is 0.608 bits per heavy atom. The number of carbonyl (C=O) groups is 10. The molecular formula is C57H94N10O12. The van der Waals surface area contributed by atoms with Gasteiger partial charge in [0.2, 0.25) is 59.1 Å². The second-order valence-corrected chi connectivity index (χ2v) is 23.4. The molecule has 0 saturated carbocycles. The molecule has 10 amide bonds. The SMILES string of the molecule is CC(C)C[C@H]1C(=O)N[C@@H]([C@@H](C)O)C(=O)N(C)[C@@H](C)C(=O)N(C)[C@@H](CC(C)C)C(=O)N(C)[C@@H](Cc2ccccc2)C(=O)N[C@@H](COC(C)(C)C)C(=O)N[C@H](C(=O)N2CCCCC2)CC(=O)N(C)CCCC(=O)N(C)[C@@H](C)C(=O)N1C. The van der Waals surface area contributed by atoms with E-state index in [1.807, 2.05) is 27.7 Å². The Morgan fingerprint density at radius 3 is 1.67 bits per heavy atom. The average Bonchev–Trinajstić information content (AvgIpc) is 3.41. The van der Waals surface area contributed by atoms with Crippen LogP contribution in [0.25, 0.3) is 0 Å². The predicted octanol–water partition coefficient (Wildman–Crippen LogP) is 1.80. The zero-order valence-electron chi connectivity index (χ0n) is 50.0. The largest absolute Gasteiger partial charge is 0.391 e. The van der Waals surface area contributed by atoms with Crippen LogP contribution in [0.15, 0.2) is 30.3 Å². The zero-order valence-corrected chi connectivity index (χ0v) is 50.0. The van der Waals surface area contributed by atoms with Gasteiger partial charge in [-0.15, -0.1) is 0 Å². The van der Waals surface area contributed by atoms with Gasteiger partial charge in [0, 0.05) is 74.8 Å². The van der Waals surface area contributed by atoms with E-state index in [0.29, 0.717) is 18.7 Å². The molecule has 0 bridgehead atoms. The highest BCUT2D eigenvalue weighted by Gasteiger charge is 2.42. The molecule has 79 heavy (non-hydrogen) atoms. The number of likely N-dealkylation sites (N-methyl/N-ethyl adjacent to an activating group) is 5. The van der Waals surface area contributed by atoms with Gasteiger partial charge in [0.1, 0.15) is 48.3 Å². The van der Waals surface area contributed by atoms with Crippen molar-refractivity contribution in [3.8, 4) is 0 Å². The zero-order chi connectivity index (χ0) is 59.8. The molecule has 0 aromatic heterocycles. The fourth-order valence-electron chi connectivity index (χ4n) is 9.57. The molecule has 22 heteroatoms. The van der Waals surface area contributed by atoms with E-state index in [9.17, 15) is 48.3 Å². The molecule has 2 fully saturated rings. The summed E-state index contributed by atoms with van der Waals surface area (Å²) in [6, 6.07) is -1.45. The van der Waals surface area contributed by atoms with Gasteiger partial charge in [0.05, 0.1) is 24.7 Å². The maximum absolute atomic E-state index is 15.1. The first-order valence-electron chi connectivity index (χ1n) is 27.9. The van der Waals surface area contributed by atoms with Crippen LogP contribution in [0.3, 0.4) is 0 Å². The highest BCUT2D eigenvalue weighted by molar-refractivity contribution is 5.99. The van der Waals surface area contributed by atoms with Gasteiger partial charge in [-0.1, -0.05) is 58.0 Å². The summed E-state index contributed by atoms with van der Waals surface area (Å²) >= 11 is 0. The molecule has 22 nitrogen and oxygen atoms in total. The lowest BCUT2D eigenvalue weighted by Gasteiger charge is -2.38. The van der Waals surface area contributed by atoms with Crippen LogP contribution in [0.4, 0.5) is 0 Å². The van der Waals surface area contributed by atoms with E-state index >= 15 is 4.79 Å². The molecule has 1 aromatic carbocycles. The average molecular weight is 1110 g/mol. The molecule has 0 unspecified atom stereocenters. The fraction of sp³-hybridized carbons (Fsp3) is 0.719. The Hall–Kier alpha value is -6.16. The lowest BCUT2D eigenvalue weighted by Crippen LogP contribution is -2.62. The monoisotopic (exact) mass is 1110 g/mol. The van der Waals surface area contributed by atoms with Gasteiger partial charge in [-0.2, -0.15) is 0 Å². The number of nitrogens with one attached hydrogen (secondary N) is 3. The summed E-state index contributed by atoms with van der Waals surface area (Å²) < 4.78 is 6.09. The fourth-order valence-corrected chi connectivity index (χ4v) is 9.57. The van der Waals surface area contributed by atoms with Crippen LogP contribution < -0.4 is 16.0 Å². The standard InChI is InChI=1S/C57H94N10O12/c1-35(2)30-43-51(73)60-48(39(7)68)56(78)63(13)38(6)53(75)66(16)45(31-36(3)4)55(77)65(15)44(32-40-24-19-17-20-25-40)50(72)59-42(34-79-57(8,9)10)49(71)58-41(54(76)67-28-21-18-22-29-67)33-47(70)61(11)27-23-26-46(69)62(12)37(5)52(74)64(43)14/h17,19-20,24-25,35-39,41-45,48,68H,18,21-23,26-34H2,1-16H3,(H,58,71)(H,59,72)(H,60,73)/t37-,38-,39+,41-,42-,43-,44-,45-,48-/m0/s1. The molecule has 4 N–H and O–H groups in total. The van der Waals surface area contributed by atoms with Gasteiger partial charge in [0.25, 0.3) is 0 Å². The molecule has 2 aliphatic heterocycles. The highest BCUT2D eigenvalue weighted by atomic mass is 16.5. The van der Waals surface area contributed by atoms with Crippen LogP contribution in [0.2, 0.25) is 0 Å². The van der Waals surface area contributed by atoms with E-state index < -0.39 is 126 Å². The van der Waals surface area contributed by atoms with Gasteiger partial charge in [-0.25, -0.2) is 0 Å². The van der Waals surface area contributed by atoms with E-state index in [4.69, 9.17) is 4.74 Å². The summed E-state index contributed by atoms with van der Waals surface area (Å²) in [5.41, 5.74) is -0.144. The van der Waals surface area contributed by atoms with Crippen molar-refractivity contribution < 1.29 is 57.8 Å². The van der Waals surface area contributed by atoms with Crippen LogP contribution in [0.5, 0.6) is 0 Å². The van der Waals surface area contributed by atoms with E-state index in [2.05, 4.69) is 16.0 Å². The quantitative estimate of drug-likeness (QED) is 0.262. The molecule has 0 radical (unpaired) electrons. The topological polar surface area (TPSA) is 259 Å². The number of likely N-dealkylation sites (tertiary alicyclic amines) is 1. The van der Waals surface area contributed by atoms with Crippen molar-refractivity contribution in [2.75, 3.05) is 68.5 Å². The number of hydrogen-bond donors (Lipinski definition) is 4. The lowest BCUT2D eigenvalue weighted by atomic mass is 9.98. The van der Waals surface area contributed by atoms with Crippen LogP contribution in [0, 0.1) is 11.8 Å². The van der Waals surface area contributed by atoms with E-state index in [1.54, 1.807) is 56.0 Å². The maximum Gasteiger partial charge on any atom is 0.248 e. The van der Waals surface area contributed by atoms with Gasteiger partial charge in [-0.3, -0.25) is 47.9 Å². The number of ether oxygens (including phenoxy) is 1. The molecular weight excluding hydrogens is 1020 g/mol. The summed E-state index contributed by atoms with van der Waals surface area (Å²) in [6.07, 6.45) is 0.751. The second kappa shape index (κ2) is 30.4. The first-order valence-corrected chi connectivity index (χ1v) is 27.9. The van der Waals surface area contributed by atoms with Crippen molar-refractivity contribution in [1.29, 1.82) is 0 Å². The summed E-state index contributed by atoms with van der Waals surface area (Å²) in [6.45, 7) is 17.5. The number of rotatable bonds is 10. The van der Waals surface area contributed by atoms with Crippen molar-refractivity contribution in [2.45, 2.75) is 187 Å². The van der Waals surface area contributed by atoms with Gasteiger partial charge in [0.15, 0.2) is 0 Å². The van der Waals surface area contributed by atoms with Crippen molar-refractivity contribution >= 4 is 59.1 Å². The Balaban J connectivity index is 2.23. The summed E-state index contributed by atoms with van der Waals surface area (Å²) in [5, 5.41) is 19.2. The molecule has 3 rings (SSSR count). The number of carbonyl (C=O) groups excluding carboxylic acids is 10. The third-order valence-corrected chi connectivity index (χ3v) is 14.9. The summed E-state index contributed by atoms with van der Waals surface area (Å²) in [7, 11) is 8.58. The minimum absolute atomic E-state index is 0.0324. The number of nitrogens with zero attached hydrogens (tertiary/aromatic N) is 7. The molecule has 9 atom stereocenters. The third kappa shape index (κ3) is 19.6. The molecule has 444 valence electrons. The summed E-state index contributed by atoms with van der Waals surface area (Å²) in [4.78, 5) is 153. The molecule has 0 aliphatic carbocycles. The van der Waals surface area contributed by atoms with Crippen LogP contribution in [-0.4, -0.2) is 227 Å². The van der Waals surface area contributed by atoms with Crippen molar-refractivity contribution in [3.63, 3.8) is 0 Å². The maximum atomic E-state index is 15.1. The molecule has 2 heterocycles. The number of benzene rings is 1. The first kappa shape index (κ1) is 67.1. The van der Waals surface area contributed by atoms with Crippen molar-refractivity contribution in [3.05, 3.63) is 35.9 Å². The number of piperidine rings is 1. The van der Waals surface area contributed by atoms with E-state index in [-0.39, 0.29) is 57.1 Å².